The van der Waals surface area contributed by atoms with Gasteiger partial charge in [0.1, 0.15) is 22.5 Å². The molecule has 0 saturated carbocycles. The second-order valence-electron chi connectivity index (χ2n) is 12.5. The molecule has 0 atom stereocenters. The molecule has 3 saturated heterocycles. The van der Waals surface area contributed by atoms with E-state index in [-0.39, 0.29) is 28.9 Å². The maximum absolute atomic E-state index is 15.5. The summed E-state index contributed by atoms with van der Waals surface area (Å²) in [5.74, 6) is -0.299. The van der Waals surface area contributed by atoms with Crippen LogP contribution < -0.4 is 9.80 Å². The average Bonchev–Trinajstić information content (AvgIpc) is 3.57. The fourth-order valence-electron chi connectivity index (χ4n) is 6.93. The number of likely N-dealkylation sites (tertiary alicyclic amines) is 2. The molecule has 6 heterocycles. The fraction of sp³-hybridized carbons (Fsp3) is 0.438. The van der Waals surface area contributed by atoms with Crippen molar-refractivity contribution in [2.45, 2.75) is 26.2 Å². The van der Waals surface area contributed by atoms with Gasteiger partial charge in [-0.2, -0.15) is 10.4 Å². The molecule has 0 bridgehead atoms. The minimum absolute atomic E-state index is 0.0273. The van der Waals surface area contributed by atoms with Crippen LogP contribution >= 0.6 is 11.3 Å². The van der Waals surface area contributed by atoms with Gasteiger partial charge in [-0.1, -0.05) is 18.3 Å². The highest BCUT2D eigenvalue weighted by molar-refractivity contribution is 7.16. The van der Waals surface area contributed by atoms with Gasteiger partial charge in [0.15, 0.2) is 10.9 Å². The number of pyridine rings is 1. The maximum atomic E-state index is 15.5. The first-order valence-corrected chi connectivity index (χ1v) is 15.8. The number of piperidine rings is 1. The lowest BCUT2D eigenvalue weighted by molar-refractivity contribution is -0.151. The van der Waals surface area contributed by atoms with Gasteiger partial charge in [-0.3, -0.25) is 4.79 Å². The molecule has 1 amide bonds. The third-order valence-corrected chi connectivity index (χ3v) is 10.4. The number of aryl methyl sites for hydroxylation is 1. The van der Waals surface area contributed by atoms with Crippen molar-refractivity contribution in [3.05, 3.63) is 58.7 Å². The van der Waals surface area contributed by atoms with E-state index in [0.717, 1.165) is 55.9 Å². The highest BCUT2D eigenvalue weighted by Crippen LogP contribution is 2.45. The van der Waals surface area contributed by atoms with E-state index < -0.39 is 0 Å². The Hall–Kier alpha value is -4.08. The molecule has 1 spiro atoms. The fourth-order valence-corrected chi connectivity index (χ4v) is 7.79. The van der Waals surface area contributed by atoms with Crippen molar-refractivity contribution in [3.8, 4) is 17.3 Å². The summed E-state index contributed by atoms with van der Waals surface area (Å²) in [5.41, 5.74) is 4.02. The molecule has 44 heavy (non-hydrogen) atoms. The number of anilines is 3. The van der Waals surface area contributed by atoms with E-state index in [0.29, 0.717) is 46.5 Å². The first-order chi connectivity index (χ1) is 21.2. The van der Waals surface area contributed by atoms with Crippen LogP contribution in [0.3, 0.4) is 0 Å². The molecule has 0 radical (unpaired) electrons. The van der Waals surface area contributed by atoms with Gasteiger partial charge in [-0.15, -0.1) is 0 Å². The van der Waals surface area contributed by atoms with Crippen LogP contribution in [0.2, 0.25) is 0 Å². The number of thiazole rings is 1. The number of carbonyl (C=O) groups is 1. The summed E-state index contributed by atoms with van der Waals surface area (Å²) in [6.45, 7) is 6.81. The number of carbonyl (C=O) groups excluding carboxylic acids is 1. The lowest BCUT2D eigenvalue weighted by Crippen LogP contribution is -2.73. The van der Waals surface area contributed by atoms with Crippen molar-refractivity contribution in [2.24, 2.45) is 11.3 Å². The normalized spacial score (nSPS) is 18.4. The number of hydrogen-bond acceptors (Lipinski definition) is 8. The molecule has 9 nitrogen and oxygen atoms in total. The molecule has 3 aliphatic rings. The summed E-state index contributed by atoms with van der Waals surface area (Å²) in [7, 11) is 3.97. The minimum Gasteiger partial charge on any atom is -0.368 e. The van der Waals surface area contributed by atoms with Gasteiger partial charge in [-0.05, 0) is 69.7 Å². The highest BCUT2D eigenvalue weighted by Gasteiger charge is 2.54. The van der Waals surface area contributed by atoms with Crippen LogP contribution in [0.1, 0.15) is 30.3 Å². The summed E-state index contributed by atoms with van der Waals surface area (Å²) < 4.78 is 30.6. The first kappa shape index (κ1) is 28.7. The zero-order valence-corrected chi connectivity index (χ0v) is 25.9. The van der Waals surface area contributed by atoms with E-state index >= 15 is 4.39 Å². The van der Waals surface area contributed by atoms with Crippen LogP contribution in [0.5, 0.6) is 0 Å². The Morgan fingerprint density at radius 3 is 2.52 bits per heavy atom. The number of hydrogen-bond donors (Lipinski definition) is 0. The molecular formula is C32H34F2N8OS. The van der Waals surface area contributed by atoms with Crippen molar-refractivity contribution in [3.63, 3.8) is 0 Å². The summed E-state index contributed by atoms with van der Waals surface area (Å²) >= 11 is 1.25. The molecule has 228 valence electrons. The molecule has 3 aromatic heterocycles. The summed E-state index contributed by atoms with van der Waals surface area (Å²) in [4.78, 5) is 26.4. The van der Waals surface area contributed by atoms with Gasteiger partial charge >= 0.3 is 0 Å². The smallest absolute Gasteiger partial charge is 0.225 e. The molecule has 3 aliphatic heterocycles. The summed E-state index contributed by atoms with van der Waals surface area (Å²) in [6.07, 6.45) is 3.89. The van der Waals surface area contributed by atoms with E-state index in [4.69, 9.17) is 4.98 Å². The van der Waals surface area contributed by atoms with Crippen LogP contribution in [0.15, 0.2) is 36.5 Å². The Morgan fingerprint density at radius 1 is 1.16 bits per heavy atom. The molecule has 1 aromatic carbocycles. The van der Waals surface area contributed by atoms with Crippen LogP contribution in [0, 0.1) is 34.3 Å². The van der Waals surface area contributed by atoms with E-state index in [1.54, 1.807) is 16.6 Å². The third kappa shape index (κ3) is 4.79. The zero-order valence-electron chi connectivity index (χ0n) is 25.1. The van der Waals surface area contributed by atoms with Crippen LogP contribution in [-0.2, 0) is 11.2 Å². The van der Waals surface area contributed by atoms with E-state index in [2.05, 4.69) is 28.0 Å². The second-order valence-corrected chi connectivity index (χ2v) is 13.4. The van der Waals surface area contributed by atoms with Crippen molar-refractivity contribution >= 4 is 39.3 Å². The van der Waals surface area contributed by atoms with Crippen LogP contribution in [-0.4, -0.2) is 83.7 Å². The Labute approximate surface area is 258 Å². The number of rotatable bonds is 6. The van der Waals surface area contributed by atoms with Crippen molar-refractivity contribution in [1.82, 2.24) is 24.4 Å². The monoisotopic (exact) mass is 616 g/mol. The maximum Gasteiger partial charge on any atom is 0.225 e. The van der Waals surface area contributed by atoms with Crippen LogP contribution in [0.4, 0.5) is 25.3 Å². The summed E-state index contributed by atoms with van der Waals surface area (Å²) in [5, 5.41) is 15.1. The van der Waals surface area contributed by atoms with Gasteiger partial charge < -0.3 is 19.6 Å². The summed E-state index contributed by atoms with van der Waals surface area (Å²) in [6, 6.07) is 10.0. The zero-order chi connectivity index (χ0) is 30.7. The van der Waals surface area contributed by atoms with Gasteiger partial charge in [0, 0.05) is 50.1 Å². The number of nitrogens with zero attached hydrogens (tertiary/aromatic N) is 8. The van der Waals surface area contributed by atoms with E-state index in [1.807, 2.05) is 29.8 Å². The predicted octanol–water partition coefficient (Wildman–Crippen LogP) is 4.93. The first-order valence-electron chi connectivity index (χ1n) is 15.0. The SMILES string of the molecule is CCc1nn2cc(F)c(N3CC4(CN(C(=O)C5CCN(C)CC5)C4)C3)cc2c1N(C)c1nc(-c2ccc(F)cc2)c(C#N)s1. The van der Waals surface area contributed by atoms with Crippen molar-refractivity contribution in [2.75, 3.05) is 63.2 Å². The largest absolute Gasteiger partial charge is 0.368 e. The van der Waals surface area contributed by atoms with Gasteiger partial charge in [0.2, 0.25) is 5.91 Å². The quantitative estimate of drug-likeness (QED) is 0.304. The second kappa shape index (κ2) is 10.8. The molecule has 0 unspecified atom stereocenters. The number of amides is 1. The number of nitriles is 1. The number of fused-ring (bicyclic) bond motifs is 1. The van der Waals surface area contributed by atoms with Gasteiger partial charge in [0.25, 0.3) is 0 Å². The van der Waals surface area contributed by atoms with Crippen molar-refractivity contribution in [1.29, 1.82) is 5.26 Å². The predicted molar refractivity (Wildman–Crippen MR) is 166 cm³/mol. The number of aromatic nitrogens is 3. The molecule has 7 rings (SSSR count). The number of benzene rings is 1. The molecule has 12 heteroatoms. The third-order valence-electron chi connectivity index (χ3n) is 9.36. The van der Waals surface area contributed by atoms with Gasteiger partial charge in [-0.25, -0.2) is 18.3 Å². The number of halogens is 2. The Bertz CT molecular complexity index is 1770. The van der Waals surface area contributed by atoms with Gasteiger partial charge in [0.05, 0.1) is 28.8 Å². The van der Waals surface area contributed by atoms with E-state index in [1.165, 1.54) is 29.7 Å². The molecule has 3 fully saturated rings. The minimum atomic E-state index is -0.356. The average molecular weight is 617 g/mol. The lowest BCUT2D eigenvalue weighted by Gasteiger charge is -2.61. The topological polar surface area (TPSA) is 84.0 Å². The van der Waals surface area contributed by atoms with Crippen molar-refractivity contribution < 1.29 is 13.6 Å². The Kier molecular flexibility index (Phi) is 7.05. The highest BCUT2D eigenvalue weighted by atomic mass is 32.1. The molecular weight excluding hydrogens is 582 g/mol. The Balaban J connectivity index is 1.12. The molecule has 4 aromatic rings. The molecule has 0 aliphatic carbocycles. The standard InChI is InChI=1S/C32H34F2N8OS/c1-4-24-29(39(3)31-36-28(27(14-35)44-31)20-5-7-22(33)8-6-20)26-13-25(23(34)15-42(26)37-24)40-16-32(17-40)18-41(19-32)30(43)21-9-11-38(2)12-10-21/h5-8,13,15,21H,4,9-12,16-19H2,1-3H3. The lowest BCUT2D eigenvalue weighted by atomic mass is 9.72. The Morgan fingerprint density at radius 2 is 1.86 bits per heavy atom. The van der Waals surface area contributed by atoms with E-state index in [9.17, 15) is 14.4 Å². The molecule has 0 N–H and O–H groups in total. The van der Waals surface area contributed by atoms with Crippen LogP contribution in [0.25, 0.3) is 16.8 Å².